The largest absolute Gasteiger partial charge is 0.488 e. The molecular formula is C16H24N2O2. The van der Waals surface area contributed by atoms with E-state index in [0.717, 1.165) is 30.9 Å². The number of nitrogens with one attached hydrogen (secondary N) is 1. The highest BCUT2D eigenvalue weighted by atomic mass is 16.5. The van der Waals surface area contributed by atoms with Crippen LogP contribution in [0.3, 0.4) is 0 Å². The Bertz CT molecular complexity index is 496. The molecule has 0 saturated carbocycles. The minimum absolute atomic E-state index is 0.0829. The maximum atomic E-state index is 9.13. The number of aryl methyl sites for hydroxylation is 1. The molecule has 0 radical (unpaired) electrons. The molecule has 0 spiro atoms. The zero-order valence-corrected chi connectivity index (χ0v) is 12.1. The van der Waals surface area contributed by atoms with Gasteiger partial charge < -0.3 is 20.9 Å². The molecule has 2 heterocycles. The summed E-state index contributed by atoms with van der Waals surface area (Å²) in [4.78, 5) is 0. The van der Waals surface area contributed by atoms with Crippen molar-refractivity contribution in [3.8, 4) is 5.75 Å². The van der Waals surface area contributed by atoms with E-state index in [1.54, 1.807) is 0 Å². The first-order valence-electron chi connectivity index (χ1n) is 7.60. The fourth-order valence-corrected chi connectivity index (χ4v) is 3.67. The molecule has 4 heteroatoms. The standard InChI is InChI=1S/C16H24N2O2/c1-10-8-14(17)16-13(9-12(20-16)4-7-19)15(10)11-2-5-18-6-3-11/h8,11-12,18-19H,2-7,9,17H2,1H3. The van der Waals surface area contributed by atoms with Crippen LogP contribution in [-0.2, 0) is 6.42 Å². The summed E-state index contributed by atoms with van der Waals surface area (Å²) in [6.45, 7) is 4.50. The van der Waals surface area contributed by atoms with Crippen molar-refractivity contribution in [3.05, 3.63) is 22.8 Å². The molecule has 1 aromatic rings. The molecule has 0 aliphatic carbocycles. The van der Waals surface area contributed by atoms with Crippen LogP contribution in [0.1, 0.15) is 41.9 Å². The van der Waals surface area contributed by atoms with Gasteiger partial charge in [-0.1, -0.05) is 0 Å². The summed E-state index contributed by atoms with van der Waals surface area (Å²) in [5.41, 5.74) is 10.9. The van der Waals surface area contributed by atoms with Crippen LogP contribution in [0.2, 0.25) is 0 Å². The van der Waals surface area contributed by atoms with Crippen molar-refractivity contribution in [2.24, 2.45) is 0 Å². The molecule has 2 aliphatic heterocycles. The lowest BCUT2D eigenvalue weighted by Crippen LogP contribution is -2.27. The molecule has 20 heavy (non-hydrogen) atoms. The van der Waals surface area contributed by atoms with E-state index in [1.165, 1.54) is 29.5 Å². The van der Waals surface area contributed by atoms with Crippen LogP contribution in [0.5, 0.6) is 5.75 Å². The Kier molecular flexibility index (Phi) is 3.85. The predicted molar refractivity (Wildman–Crippen MR) is 80.3 cm³/mol. The van der Waals surface area contributed by atoms with Gasteiger partial charge in [-0.2, -0.15) is 0 Å². The van der Waals surface area contributed by atoms with Gasteiger partial charge in [0.2, 0.25) is 0 Å². The van der Waals surface area contributed by atoms with Gasteiger partial charge in [0.05, 0.1) is 5.69 Å². The van der Waals surface area contributed by atoms with E-state index in [-0.39, 0.29) is 12.7 Å². The Labute approximate surface area is 120 Å². The summed E-state index contributed by atoms with van der Waals surface area (Å²) in [7, 11) is 0. The fraction of sp³-hybridized carbons (Fsp3) is 0.625. The predicted octanol–water partition coefficient (Wildman–Crippen LogP) is 1.73. The van der Waals surface area contributed by atoms with Gasteiger partial charge in [-0.15, -0.1) is 0 Å². The highest BCUT2D eigenvalue weighted by Crippen LogP contribution is 2.43. The van der Waals surface area contributed by atoms with Crippen LogP contribution in [0.4, 0.5) is 5.69 Å². The fourth-order valence-electron chi connectivity index (χ4n) is 3.67. The third-order valence-corrected chi connectivity index (χ3v) is 4.57. The number of nitrogens with two attached hydrogens (primary N) is 1. The molecule has 1 saturated heterocycles. The van der Waals surface area contributed by atoms with Gasteiger partial charge in [0, 0.05) is 25.0 Å². The van der Waals surface area contributed by atoms with Gasteiger partial charge in [0.1, 0.15) is 11.9 Å². The number of nitrogen functional groups attached to an aromatic ring is 1. The second-order valence-electron chi connectivity index (χ2n) is 5.98. The molecule has 3 rings (SSSR count). The van der Waals surface area contributed by atoms with E-state index in [9.17, 15) is 0 Å². The van der Waals surface area contributed by atoms with E-state index in [4.69, 9.17) is 15.6 Å². The summed E-state index contributed by atoms with van der Waals surface area (Å²) < 4.78 is 5.96. The number of anilines is 1. The van der Waals surface area contributed by atoms with Crippen LogP contribution in [0.15, 0.2) is 6.07 Å². The van der Waals surface area contributed by atoms with Crippen molar-refractivity contribution < 1.29 is 9.84 Å². The minimum atomic E-state index is 0.0829. The van der Waals surface area contributed by atoms with E-state index < -0.39 is 0 Å². The second-order valence-corrected chi connectivity index (χ2v) is 5.98. The summed E-state index contributed by atoms with van der Waals surface area (Å²) in [6.07, 6.45) is 4.02. The second kappa shape index (κ2) is 5.62. The Hall–Kier alpha value is -1.26. The van der Waals surface area contributed by atoms with E-state index in [1.807, 2.05) is 0 Å². The Balaban J connectivity index is 1.97. The lowest BCUT2D eigenvalue weighted by Gasteiger charge is -2.26. The Morgan fingerprint density at radius 2 is 2.15 bits per heavy atom. The van der Waals surface area contributed by atoms with E-state index in [2.05, 4.69) is 18.3 Å². The van der Waals surface area contributed by atoms with Crippen molar-refractivity contribution in [2.45, 2.75) is 44.6 Å². The average molecular weight is 276 g/mol. The maximum Gasteiger partial charge on any atom is 0.146 e. The third kappa shape index (κ3) is 2.38. The number of piperidine rings is 1. The third-order valence-electron chi connectivity index (χ3n) is 4.57. The van der Waals surface area contributed by atoms with Crippen molar-refractivity contribution in [3.63, 3.8) is 0 Å². The van der Waals surface area contributed by atoms with Crippen LogP contribution in [0.25, 0.3) is 0 Å². The van der Waals surface area contributed by atoms with Crippen molar-refractivity contribution in [1.82, 2.24) is 5.32 Å². The van der Waals surface area contributed by atoms with Crippen LogP contribution >= 0.6 is 0 Å². The normalized spacial score (nSPS) is 22.6. The van der Waals surface area contributed by atoms with Gasteiger partial charge >= 0.3 is 0 Å². The molecular weight excluding hydrogens is 252 g/mol. The molecule has 4 nitrogen and oxygen atoms in total. The highest BCUT2D eigenvalue weighted by Gasteiger charge is 2.31. The minimum Gasteiger partial charge on any atom is -0.488 e. The van der Waals surface area contributed by atoms with Crippen molar-refractivity contribution in [1.29, 1.82) is 0 Å². The lowest BCUT2D eigenvalue weighted by atomic mass is 9.82. The van der Waals surface area contributed by atoms with Gasteiger partial charge in [-0.05, 0) is 56.0 Å². The molecule has 110 valence electrons. The molecule has 0 amide bonds. The van der Waals surface area contributed by atoms with Gasteiger partial charge in [-0.25, -0.2) is 0 Å². The maximum absolute atomic E-state index is 9.13. The quantitative estimate of drug-likeness (QED) is 0.736. The number of ether oxygens (including phenoxy) is 1. The summed E-state index contributed by atoms with van der Waals surface area (Å²) in [6, 6.07) is 2.05. The summed E-state index contributed by atoms with van der Waals surface area (Å²) in [5, 5.41) is 12.6. The number of fused-ring (bicyclic) bond motifs is 1. The number of aliphatic hydroxyl groups excluding tert-OH is 1. The monoisotopic (exact) mass is 276 g/mol. The van der Waals surface area contributed by atoms with E-state index >= 15 is 0 Å². The van der Waals surface area contributed by atoms with Gasteiger partial charge in [0.15, 0.2) is 0 Å². The van der Waals surface area contributed by atoms with Crippen LogP contribution < -0.4 is 15.8 Å². The van der Waals surface area contributed by atoms with Crippen molar-refractivity contribution in [2.75, 3.05) is 25.4 Å². The molecule has 1 unspecified atom stereocenters. The van der Waals surface area contributed by atoms with Gasteiger partial charge in [0.25, 0.3) is 0 Å². The smallest absolute Gasteiger partial charge is 0.146 e. The highest BCUT2D eigenvalue weighted by molar-refractivity contribution is 5.64. The van der Waals surface area contributed by atoms with E-state index in [0.29, 0.717) is 12.3 Å². The Morgan fingerprint density at radius 1 is 1.40 bits per heavy atom. The van der Waals surface area contributed by atoms with Crippen molar-refractivity contribution >= 4 is 5.69 Å². The van der Waals surface area contributed by atoms with Gasteiger partial charge in [-0.3, -0.25) is 0 Å². The molecule has 1 atom stereocenters. The SMILES string of the molecule is Cc1cc(N)c2c(c1C1CCNCC1)CC(CCO)O2. The molecule has 0 bridgehead atoms. The summed E-state index contributed by atoms with van der Waals surface area (Å²) in [5.74, 6) is 1.49. The molecule has 2 aliphatic rings. The number of hydrogen-bond donors (Lipinski definition) is 3. The Morgan fingerprint density at radius 3 is 2.85 bits per heavy atom. The molecule has 1 aromatic carbocycles. The topological polar surface area (TPSA) is 67.5 Å². The first-order valence-corrected chi connectivity index (χ1v) is 7.60. The van der Waals surface area contributed by atoms with Crippen LogP contribution in [-0.4, -0.2) is 30.9 Å². The number of rotatable bonds is 3. The number of benzene rings is 1. The first kappa shape index (κ1) is 13.7. The molecule has 1 fully saturated rings. The lowest BCUT2D eigenvalue weighted by molar-refractivity contribution is 0.175. The van der Waals surface area contributed by atoms with Crippen LogP contribution in [0, 0.1) is 6.92 Å². The number of aliphatic hydroxyl groups is 1. The molecule has 4 N–H and O–H groups in total. The summed E-state index contributed by atoms with van der Waals surface area (Å²) >= 11 is 0. The zero-order chi connectivity index (χ0) is 14.1. The number of hydrogen-bond acceptors (Lipinski definition) is 4. The zero-order valence-electron chi connectivity index (χ0n) is 12.1. The molecule has 0 aromatic heterocycles. The average Bonchev–Trinajstić information content (AvgIpc) is 2.84. The first-order chi connectivity index (χ1) is 9.70.